The van der Waals surface area contributed by atoms with E-state index in [9.17, 15) is 8.42 Å². The molecule has 3 aromatic carbocycles. The number of anilines is 3. The molecule has 7 nitrogen and oxygen atoms in total. The molecule has 4 aromatic rings. The number of ether oxygens (including phenoxy) is 1. The molecule has 0 saturated heterocycles. The number of benzene rings is 3. The van der Waals surface area contributed by atoms with Crippen LogP contribution >= 0.6 is 11.6 Å². The third kappa shape index (κ3) is 4.29. The summed E-state index contributed by atoms with van der Waals surface area (Å²) in [4.78, 5) is 9.04. The van der Waals surface area contributed by atoms with E-state index in [0.717, 1.165) is 0 Å². The van der Waals surface area contributed by atoms with Crippen LogP contribution in [0.4, 0.5) is 17.3 Å². The topological polar surface area (TPSA) is 93.2 Å². The molecule has 1 aromatic heterocycles. The van der Waals surface area contributed by atoms with Crippen LogP contribution in [0.2, 0.25) is 5.02 Å². The molecule has 4 rings (SSSR count). The summed E-state index contributed by atoms with van der Waals surface area (Å²) in [6.07, 6.45) is 0. The number of hydrogen-bond donors (Lipinski definition) is 2. The Morgan fingerprint density at radius 3 is 2.17 bits per heavy atom. The van der Waals surface area contributed by atoms with Crippen LogP contribution in [0.15, 0.2) is 77.7 Å². The van der Waals surface area contributed by atoms with Gasteiger partial charge in [-0.25, -0.2) is 18.4 Å². The molecule has 0 saturated carbocycles. The van der Waals surface area contributed by atoms with Gasteiger partial charge in [0.05, 0.1) is 23.0 Å². The van der Waals surface area contributed by atoms with Gasteiger partial charge >= 0.3 is 0 Å². The molecule has 0 atom stereocenters. The van der Waals surface area contributed by atoms with Crippen LogP contribution in [0, 0.1) is 0 Å². The van der Waals surface area contributed by atoms with E-state index >= 15 is 0 Å². The zero-order valence-electron chi connectivity index (χ0n) is 15.8. The first-order valence-corrected chi connectivity index (χ1v) is 10.8. The van der Waals surface area contributed by atoms with Crippen molar-refractivity contribution in [3.05, 3.63) is 77.8 Å². The van der Waals surface area contributed by atoms with Gasteiger partial charge in [0, 0.05) is 10.7 Å². The Morgan fingerprint density at radius 1 is 0.867 bits per heavy atom. The molecule has 0 aliphatic rings. The second-order valence-electron chi connectivity index (χ2n) is 6.33. The van der Waals surface area contributed by atoms with Gasteiger partial charge in [0.2, 0.25) is 0 Å². The van der Waals surface area contributed by atoms with Crippen LogP contribution in [0.5, 0.6) is 5.75 Å². The van der Waals surface area contributed by atoms with Gasteiger partial charge in [0.15, 0.2) is 11.6 Å². The van der Waals surface area contributed by atoms with Crippen molar-refractivity contribution in [1.82, 2.24) is 9.97 Å². The fourth-order valence-corrected chi connectivity index (χ4v) is 4.10. The molecule has 9 heteroatoms. The first-order valence-electron chi connectivity index (χ1n) is 8.91. The minimum Gasteiger partial charge on any atom is -0.497 e. The van der Waals surface area contributed by atoms with E-state index in [1.807, 2.05) is 12.1 Å². The zero-order chi connectivity index (χ0) is 21.1. The number of sulfonamides is 1. The summed E-state index contributed by atoms with van der Waals surface area (Å²) in [5.41, 5.74) is 1.88. The maximum absolute atomic E-state index is 12.9. The summed E-state index contributed by atoms with van der Waals surface area (Å²) >= 11 is 5.95. The monoisotopic (exact) mass is 440 g/mol. The van der Waals surface area contributed by atoms with Crippen molar-refractivity contribution in [3.63, 3.8) is 0 Å². The summed E-state index contributed by atoms with van der Waals surface area (Å²) in [7, 11) is -2.34. The van der Waals surface area contributed by atoms with Crippen molar-refractivity contribution in [2.24, 2.45) is 0 Å². The highest BCUT2D eigenvalue weighted by Crippen LogP contribution is 2.28. The minimum atomic E-state index is -3.93. The van der Waals surface area contributed by atoms with E-state index in [1.54, 1.807) is 55.6 Å². The number of nitrogens with zero attached hydrogens (tertiary/aromatic N) is 2. The minimum absolute atomic E-state index is 0.0281. The van der Waals surface area contributed by atoms with Gasteiger partial charge in [-0.15, -0.1) is 0 Å². The summed E-state index contributed by atoms with van der Waals surface area (Å²) in [5.74, 6) is 1.04. The predicted molar refractivity (Wildman–Crippen MR) is 118 cm³/mol. The van der Waals surface area contributed by atoms with Crippen molar-refractivity contribution in [2.75, 3.05) is 17.1 Å². The van der Waals surface area contributed by atoms with Gasteiger partial charge in [-0.2, -0.15) is 0 Å². The highest BCUT2D eigenvalue weighted by molar-refractivity contribution is 7.92. The van der Waals surface area contributed by atoms with Crippen molar-refractivity contribution in [3.8, 4) is 5.75 Å². The van der Waals surface area contributed by atoms with Crippen LogP contribution in [-0.2, 0) is 10.0 Å². The fraction of sp³-hybridized carbons (Fsp3) is 0.0476. The molecule has 0 fully saturated rings. The lowest BCUT2D eigenvalue weighted by molar-refractivity contribution is 0.415. The van der Waals surface area contributed by atoms with Gasteiger partial charge < -0.3 is 10.1 Å². The predicted octanol–water partition coefficient (Wildman–Crippen LogP) is 4.84. The Balaban J connectivity index is 1.76. The second kappa shape index (κ2) is 8.17. The summed E-state index contributed by atoms with van der Waals surface area (Å²) < 4.78 is 33.5. The van der Waals surface area contributed by atoms with Crippen LogP contribution in [-0.4, -0.2) is 25.5 Å². The molecular weight excluding hydrogens is 424 g/mol. The number of fused-ring (bicyclic) bond motifs is 1. The second-order valence-corrected chi connectivity index (χ2v) is 8.44. The van der Waals surface area contributed by atoms with Crippen molar-refractivity contribution >= 4 is 50.0 Å². The lowest BCUT2D eigenvalue weighted by atomic mass is 10.3. The highest BCUT2D eigenvalue weighted by atomic mass is 35.5. The average molecular weight is 441 g/mol. The van der Waals surface area contributed by atoms with Crippen molar-refractivity contribution in [2.45, 2.75) is 4.90 Å². The van der Waals surface area contributed by atoms with Gasteiger partial charge in [0.1, 0.15) is 5.75 Å². The third-order valence-corrected chi connectivity index (χ3v) is 5.83. The summed E-state index contributed by atoms with van der Waals surface area (Å²) in [6.45, 7) is 0. The Kier molecular flexibility index (Phi) is 5.43. The maximum Gasteiger partial charge on any atom is 0.263 e. The average Bonchev–Trinajstić information content (AvgIpc) is 2.74. The molecule has 0 spiro atoms. The Hall–Kier alpha value is -3.36. The molecule has 0 aliphatic heterocycles. The van der Waals surface area contributed by atoms with E-state index in [0.29, 0.717) is 27.5 Å². The summed E-state index contributed by atoms with van der Waals surface area (Å²) in [6, 6.07) is 20.4. The van der Waals surface area contributed by atoms with E-state index < -0.39 is 10.0 Å². The smallest absolute Gasteiger partial charge is 0.263 e. The molecule has 0 aliphatic carbocycles. The van der Waals surface area contributed by atoms with Crippen LogP contribution in [0.1, 0.15) is 0 Å². The van der Waals surface area contributed by atoms with E-state index in [1.165, 1.54) is 12.1 Å². The largest absolute Gasteiger partial charge is 0.497 e. The normalized spacial score (nSPS) is 11.3. The number of hydrogen-bond acceptors (Lipinski definition) is 6. The quantitative estimate of drug-likeness (QED) is 0.445. The molecule has 0 unspecified atom stereocenters. The third-order valence-electron chi connectivity index (χ3n) is 4.26. The number of aromatic nitrogens is 2. The lowest BCUT2D eigenvalue weighted by Gasteiger charge is -2.14. The first kappa shape index (κ1) is 19.9. The molecule has 152 valence electrons. The van der Waals surface area contributed by atoms with E-state index in [2.05, 4.69) is 20.0 Å². The number of rotatable bonds is 6. The molecule has 0 bridgehead atoms. The van der Waals surface area contributed by atoms with E-state index in [-0.39, 0.29) is 16.5 Å². The zero-order valence-corrected chi connectivity index (χ0v) is 17.4. The standard InChI is InChI=1S/C21H17ClN4O3S/c1-29-16-11-9-15(10-12-16)23-20-21(25-19-8-3-2-7-18(19)24-20)26-30(27,28)17-6-4-5-14(22)13-17/h2-13H,1H3,(H,23,24)(H,25,26). The van der Waals surface area contributed by atoms with Crippen LogP contribution < -0.4 is 14.8 Å². The summed E-state index contributed by atoms with van der Waals surface area (Å²) in [5, 5.41) is 3.44. The van der Waals surface area contributed by atoms with Crippen LogP contribution in [0.25, 0.3) is 11.0 Å². The number of halogens is 1. The molecule has 1 heterocycles. The van der Waals surface area contributed by atoms with Gasteiger partial charge in [0.25, 0.3) is 10.0 Å². The molecule has 0 amide bonds. The Morgan fingerprint density at radius 2 is 1.53 bits per heavy atom. The van der Waals surface area contributed by atoms with Crippen LogP contribution in [0.3, 0.4) is 0 Å². The first-order chi connectivity index (χ1) is 14.4. The highest BCUT2D eigenvalue weighted by Gasteiger charge is 2.19. The molecular formula is C21H17ClN4O3S. The maximum atomic E-state index is 12.9. The Bertz CT molecular complexity index is 1310. The molecule has 0 radical (unpaired) electrons. The number of para-hydroxylation sites is 2. The SMILES string of the molecule is COc1ccc(Nc2nc3ccccc3nc2NS(=O)(=O)c2cccc(Cl)c2)cc1. The molecule has 30 heavy (non-hydrogen) atoms. The van der Waals surface area contributed by atoms with Crippen molar-refractivity contribution < 1.29 is 13.2 Å². The van der Waals surface area contributed by atoms with Crippen molar-refractivity contribution in [1.29, 1.82) is 0 Å². The Labute approximate surface area is 178 Å². The number of nitrogens with one attached hydrogen (secondary N) is 2. The van der Waals surface area contributed by atoms with Gasteiger partial charge in [-0.1, -0.05) is 29.8 Å². The van der Waals surface area contributed by atoms with E-state index in [4.69, 9.17) is 16.3 Å². The van der Waals surface area contributed by atoms with Gasteiger partial charge in [-0.05, 0) is 54.6 Å². The number of methoxy groups -OCH3 is 1. The lowest BCUT2D eigenvalue weighted by Crippen LogP contribution is -2.16. The molecule has 2 N–H and O–H groups in total. The fourth-order valence-electron chi connectivity index (χ4n) is 2.79. The van der Waals surface area contributed by atoms with Gasteiger partial charge in [-0.3, -0.25) is 4.72 Å².